The molecule has 0 saturated heterocycles. The summed E-state index contributed by atoms with van der Waals surface area (Å²) in [6.07, 6.45) is 34.7. The van der Waals surface area contributed by atoms with Crippen LogP contribution in [0.3, 0.4) is 0 Å². The number of carbonyl (C=O) groups is 2. The van der Waals surface area contributed by atoms with Crippen LogP contribution in [-0.4, -0.2) is 60.9 Å². The van der Waals surface area contributed by atoms with Gasteiger partial charge in [-0.15, -0.1) is 6.54 Å². The summed E-state index contributed by atoms with van der Waals surface area (Å²) < 4.78 is 11.4. The first kappa shape index (κ1) is 49.6. The first-order valence-corrected chi connectivity index (χ1v) is 20.6. The Morgan fingerprint density at radius 3 is 1.65 bits per heavy atom. The van der Waals surface area contributed by atoms with Gasteiger partial charge in [0, 0.05) is 19.4 Å². The summed E-state index contributed by atoms with van der Waals surface area (Å²) in [5.74, 6) is -0.0613. The van der Waals surface area contributed by atoms with E-state index in [4.69, 9.17) is 9.47 Å². The molecule has 0 atom stereocenters. The molecule has 0 unspecified atom stereocenters. The van der Waals surface area contributed by atoms with Crippen molar-refractivity contribution in [2.24, 2.45) is 0 Å². The van der Waals surface area contributed by atoms with E-state index in [1.165, 1.54) is 96.3 Å². The quantitative estimate of drug-likeness (QED) is 0.0379. The third-order valence-electron chi connectivity index (χ3n) is 9.23. The van der Waals surface area contributed by atoms with Gasteiger partial charge in [0.2, 0.25) is 0 Å². The van der Waals surface area contributed by atoms with E-state index < -0.39 is 0 Å². The number of aliphatic hydroxyl groups is 1. The summed E-state index contributed by atoms with van der Waals surface area (Å²) in [5.41, 5.74) is 0. The first-order chi connectivity index (χ1) is 23.1. The summed E-state index contributed by atoms with van der Waals surface area (Å²) in [6, 6.07) is 0. The summed E-state index contributed by atoms with van der Waals surface area (Å²) in [6.45, 7) is 10.3. The number of unbranched alkanes of at least 4 members (excludes halogenated alkanes) is 20. The maximum absolute atomic E-state index is 12.7. The van der Waals surface area contributed by atoms with Crippen LogP contribution < -0.4 is 0 Å². The monoisotopic (exact) mass is 859 g/mol. The summed E-state index contributed by atoms with van der Waals surface area (Å²) >= 11 is 0. The summed E-state index contributed by atoms with van der Waals surface area (Å²) in [7, 11) is 0. The van der Waals surface area contributed by atoms with Gasteiger partial charge in [-0.05, 0) is 64.5 Å². The molecule has 0 aromatic heterocycles. The van der Waals surface area contributed by atoms with Crippen LogP contribution in [0.4, 0.5) is 0 Å². The molecule has 0 aromatic rings. The Labute approximate surface area is 312 Å². The third kappa shape index (κ3) is 36.8. The Bertz CT molecular complexity index is 649. The Kier molecular flexibility index (Phi) is 42.3. The molecule has 0 aliphatic carbocycles. The van der Waals surface area contributed by atoms with E-state index in [-0.39, 0.29) is 44.4 Å². The van der Waals surface area contributed by atoms with Crippen molar-refractivity contribution in [1.82, 2.24) is 4.90 Å². The second-order valence-electron chi connectivity index (χ2n) is 13.9. The topological polar surface area (TPSA) is 76.1 Å². The zero-order chi connectivity index (χ0) is 34.5. The molecular formula is C41H80NO5Os. The Morgan fingerprint density at radius 2 is 1.06 bits per heavy atom. The number of carbonyl (C=O) groups excluding carboxylic acids is 2. The van der Waals surface area contributed by atoms with Gasteiger partial charge in [0.1, 0.15) is 6.10 Å². The van der Waals surface area contributed by atoms with Crippen molar-refractivity contribution >= 4 is 11.9 Å². The summed E-state index contributed by atoms with van der Waals surface area (Å²) in [5, 5.41) is 9.32. The van der Waals surface area contributed by atoms with Crippen LogP contribution in [0.1, 0.15) is 207 Å². The van der Waals surface area contributed by atoms with Crippen LogP contribution in [0.2, 0.25) is 0 Å². The van der Waals surface area contributed by atoms with Crippen molar-refractivity contribution in [3.8, 4) is 0 Å². The minimum absolute atomic E-state index is 0. The van der Waals surface area contributed by atoms with Crippen molar-refractivity contribution in [2.75, 3.05) is 32.8 Å². The molecule has 0 bridgehead atoms. The third-order valence-corrected chi connectivity index (χ3v) is 9.23. The minimum atomic E-state index is -0.0690. The average molecular weight is 857 g/mol. The SMILES string of the molecule is CCCCCCCCC(CCCCCCCC)OC(=O)CCCCCCCN(C[CH-]CCCC(=O)OCCCCCCC)CCCO.[Os+]. The minimum Gasteiger partial charge on any atom is -0.466 e. The predicted molar refractivity (Wildman–Crippen MR) is 200 cm³/mol. The van der Waals surface area contributed by atoms with Gasteiger partial charge in [0.15, 0.2) is 0 Å². The van der Waals surface area contributed by atoms with Crippen molar-refractivity contribution in [1.29, 1.82) is 0 Å². The van der Waals surface area contributed by atoms with Crippen LogP contribution in [0, 0.1) is 6.42 Å². The van der Waals surface area contributed by atoms with Crippen LogP contribution in [0.5, 0.6) is 0 Å². The zero-order valence-corrected chi connectivity index (χ0v) is 34.6. The smallest absolute Gasteiger partial charge is 0.466 e. The van der Waals surface area contributed by atoms with Gasteiger partial charge in [-0.1, -0.05) is 136 Å². The number of hydrogen-bond acceptors (Lipinski definition) is 6. The molecule has 1 N–H and O–H groups in total. The number of rotatable bonds is 38. The molecule has 0 aromatic carbocycles. The van der Waals surface area contributed by atoms with Gasteiger partial charge < -0.3 is 25.9 Å². The molecule has 287 valence electrons. The van der Waals surface area contributed by atoms with Crippen molar-refractivity contribution in [3.05, 3.63) is 6.42 Å². The number of ether oxygens (including phenoxy) is 2. The largest absolute Gasteiger partial charge is 1.00 e. The van der Waals surface area contributed by atoms with E-state index >= 15 is 0 Å². The van der Waals surface area contributed by atoms with E-state index in [0.717, 1.165) is 96.7 Å². The Morgan fingerprint density at radius 1 is 0.583 bits per heavy atom. The molecule has 48 heavy (non-hydrogen) atoms. The van der Waals surface area contributed by atoms with Gasteiger partial charge in [0.05, 0.1) is 6.61 Å². The Balaban J connectivity index is 0. The average Bonchev–Trinajstić information content (AvgIpc) is 3.07. The fourth-order valence-electron chi connectivity index (χ4n) is 6.16. The molecular weight excluding hydrogens is 777 g/mol. The normalized spacial score (nSPS) is 11.3. The van der Waals surface area contributed by atoms with Gasteiger partial charge in [-0.2, -0.15) is 6.42 Å². The van der Waals surface area contributed by atoms with Gasteiger partial charge in [0.25, 0.3) is 0 Å². The van der Waals surface area contributed by atoms with Gasteiger partial charge >= 0.3 is 31.7 Å². The van der Waals surface area contributed by atoms with Crippen LogP contribution in [0.25, 0.3) is 0 Å². The molecule has 0 aliphatic rings. The van der Waals surface area contributed by atoms with Gasteiger partial charge in [-0.25, -0.2) is 0 Å². The van der Waals surface area contributed by atoms with Crippen molar-refractivity contribution < 1.29 is 44.0 Å². The second kappa shape index (κ2) is 40.9. The van der Waals surface area contributed by atoms with Crippen molar-refractivity contribution in [2.45, 2.75) is 213 Å². The fourth-order valence-corrected chi connectivity index (χ4v) is 6.16. The molecule has 1 radical (unpaired) electrons. The van der Waals surface area contributed by atoms with Crippen molar-refractivity contribution in [3.63, 3.8) is 0 Å². The maximum Gasteiger partial charge on any atom is 1.00 e. The van der Waals surface area contributed by atoms with Crippen LogP contribution in [0.15, 0.2) is 0 Å². The maximum atomic E-state index is 12.7. The zero-order valence-electron chi connectivity index (χ0n) is 32.1. The number of esters is 2. The molecule has 0 spiro atoms. The standard InChI is InChI=1S/C41H80NO5.Os/c1-4-7-10-13-16-22-30-39(31-23-17-14-11-8-5-2)47-41(45)33-24-18-15-19-26-34-42(36-29-37-43)35-27-21-25-32-40(44)46-38-28-20-12-9-6-3;/h27,39,43H,4-26,28-38H2,1-3H3;/q-1;+1. The fraction of sp³-hybridized carbons (Fsp3) is 0.927. The summed E-state index contributed by atoms with van der Waals surface area (Å²) in [4.78, 5) is 27.0. The predicted octanol–water partition coefficient (Wildman–Crippen LogP) is 11.3. The van der Waals surface area contributed by atoms with E-state index in [2.05, 4.69) is 32.1 Å². The van der Waals surface area contributed by atoms with Crippen LogP contribution in [-0.2, 0) is 38.9 Å². The molecule has 0 amide bonds. The Hall–Kier alpha value is -0.504. The number of hydrogen-bond donors (Lipinski definition) is 1. The van der Waals surface area contributed by atoms with Gasteiger partial charge in [-0.3, -0.25) is 9.59 Å². The van der Waals surface area contributed by atoms with E-state index in [9.17, 15) is 14.7 Å². The molecule has 7 heteroatoms. The molecule has 0 heterocycles. The number of nitrogens with zero attached hydrogens (tertiary/aromatic N) is 1. The first-order valence-electron chi connectivity index (χ1n) is 20.6. The molecule has 6 nitrogen and oxygen atoms in total. The van der Waals surface area contributed by atoms with E-state index in [0.29, 0.717) is 19.4 Å². The molecule has 0 fully saturated rings. The molecule has 0 rings (SSSR count). The van der Waals surface area contributed by atoms with E-state index in [1.54, 1.807) is 0 Å². The molecule has 0 aliphatic heterocycles. The number of aliphatic hydroxyl groups excluding tert-OH is 1. The second-order valence-corrected chi connectivity index (χ2v) is 13.9. The van der Waals surface area contributed by atoms with E-state index in [1.807, 2.05) is 0 Å². The van der Waals surface area contributed by atoms with Crippen LogP contribution >= 0.6 is 0 Å². The molecule has 0 saturated carbocycles.